The van der Waals surface area contributed by atoms with E-state index in [1.54, 1.807) is 0 Å². The molecule has 3 nitrogen and oxygen atoms in total. The minimum absolute atomic E-state index is 0.673. The predicted octanol–water partition coefficient (Wildman–Crippen LogP) is 3.31. The summed E-state index contributed by atoms with van der Waals surface area (Å²) in [6.07, 6.45) is 4.18. The van der Waals surface area contributed by atoms with Crippen molar-refractivity contribution in [3.05, 3.63) is 29.3 Å². The minimum atomic E-state index is 0.673. The first-order valence-corrected chi connectivity index (χ1v) is 8.58. The topological polar surface area (TPSA) is 18.5 Å². The zero-order valence-corrected chi connectivity index (χ0v) is 13.6. The van der Waals surface area contributed by atoms with Crippen LogP contribution in [-0.4, -0.2) is 54.6 Å². The fraction of sp³-hybridized carbons (Fsp3) is 0.647. The first kappa shape index (κ1) is 15.1. The van der Waals surface area contributed by atoms with E-state index in [4.69, 9.17) is 11.6 Å². The molecule has 21 heavy (non-hydrogen) atoms. The van der Waals surface area contributed by atoms with Crippen molar-refractivity contribution in [2.45, 2.75) is 38.3 Å². The van der Waals surface area contributed by atoms with Crippen molar-refractivity contribution >= 4 is 17.3 Å². The smallest absolute Gasteiger partial charge is 0.0407 e. The summed E-state index contributed by atoms with van der Waals surface area (Å²) in [5.74, 6) is 0. The summed E-state index contributed by atoms with van der Waals surface area (Å²) in [6.45, 7) is 8.28. The molecule has 2 fully saturated rings. The standard InChI is InChI=1S/C17H26ClN3/c1-14-12-21-10-3-2-4-17(21)13-20(14)11-9-19-16-7-5-15(18)6-8-16/h5-8,14,17,19H,2-4,9-13H2,1H3. The van der Waals surface area contributed by atoms with Gasteiger partial charge < -0.3 is 5.32 Å². The molecule has 0 saturated carbocycles. The summed E-state index contributed by atoms with van der Waals surface area (Å²) in [7, 11) is 0. The fourth-order valence-electron chi connectivity index (χ4n) is 3.64. The third-order valence-corrected chi connectivity index (χ3v) is 5.14. The van der Waals surface area contributed by atoms with E-state index in [0.717, 1.165) is 29.8 Å². The van der Waals surface area contributed by atoms with Crippen LogP contribution in [0.1, 0.15) is 26.2 Å². The van der Waals surface area contributed by atoms with Crippen molar-refractivity contribution in [1.29, 1.82) is 0 Å². The van der Waals surface area contributed by atoms with Crippen LogP contribution in [0, 0.1) is 0 Å². The number of hydrogen-bond donors (Lipinski definition) is 1. The van der Waals surface area contributed by atoms with Crippen molar-refractivity contribution in [1.82, 2.24) is 9.80 Å². The average molecular weight is 308 g/mol. The van der Waals surface area contributed by atoms with Gasteiger partial charge in [-0.25, -0.2) is 0 Å². The summed E-state index contributed by atoms with van der Waals surface area (Å²) in [6, 6.07) is 9.44. The highest BCUT2D eigenvalue weighted by atomic mass is 35.5. The van der Waals surface area contributed by atoms with Crippen molar-refractivity contribution in [3.8, 4) is 0 Å². The molecule has 0 aromatic heterocycles. The van der Waals surface area contributed by atoms with Gasteiger partial charge >= 0.3 is 0 Å². The molecule has 0 amide bonds. The second-order valence-electron chi connectivity index (χ2n) is 6.42. The van der Waals surface area contributed by atoms with Crippen LogP contribution in [0.3, 0.4) is 0 Å². The Kier molecular flexibility index (Phi) is 5.04. The first-order chi connectivity index (χ1) is 10.2. The van der Waals surface area contributed by atoms with Crippen molar-refractivity contribution in [2.24, 2.45) is 0 Å². The molecule has 2 heterocycles. The van der Waals surface area contributed by atoms with Gasteiger partial charge in [0.05, 0.1) is 0 Å². The Morgan fingerprint density at radius 1 is 1.19 bits per heavy atom. The van der Waals surface area contributed by atoms with Crippen LogP contribution < -0.4 is 5.32 Å². The number of nitrogens with zero attached hydrogens (tertiary/aromatic N) is 2. The number of piperazine rings is 1. The van der Waals surface area contributed by atoms with Crippen molar-refractivity contribution in [2.75, 3.05) is 38.0 Å². The molecule has 2 aliphatic rings. The van der Waals surface area contributed by atoms with E-state index < -0.39 is 0 Å². The quantitative estimate of drug-likeness (QED) is 0.920. The van der Waals surface area contributed by atoms with Crippen LogP contribution in [0.15, 0.2) is 24.3 Å². The Labute approximate surface area is 133 Å². The molecule has 1 aromatic carbocycles. The maximum Gasteiger partial charge on any atom is 0.0407 e. The van der Waals surface area contributed by atoms with Gasteiger partial charge in [-0.1, -0.05) is 18.0 Å². The lowest BCUT2D eigenvalue weighted by Gasteiger charge is -2.47. The molecule has 0 aliphatic carbocycles. The van der Waals surface area contributed by atoms with Gasteiger partial charge in [-0.15, -0.1) is 0 Å². The number of halogens is 1. The summed E-state index contributed by atoms with van der Waals surface area (Å²) < 4.78 is 0. The van der Waals surface area contributed by atoms with E-state index >= 15 is 0 Å². The van der Waals surface area contributed by atoms with Crippen LogP contribution in [-0.2, 0) is 0 Å². The van der Waals surface area contributed by atoms with Crippen molar-refractivity contribution < 1.29 is 0 Å². The molecule has 0 spiro atoms. The molecule has 1 N–H and O–H groups in total. The van der Waals surface area contributed by atoms with Crippen LogP contribution in [0.5, 0.6) is 0 Å². The van der Waals surface area contributed by atoms with Gasteiger partial charge in [0.2, 0.25) is 0 Å². The minimum Gasteiger partial charge on any atom is -0.384 e. The molecule has 2 aliphatic heterocycles. The van der Waals surface area contributed by atoms with Gasteiger partial charge in [-0.2, -0.15) is 0 Å². The SMILES string of the molecule is CC1CN2CCCCC2CN1CCNc1ccc(Cl)cc1. The molecule has 4 heteroatoms. The third-order valence-electron chi connectivity index (χ3n) is 4.89. The molecule has 0 bridgehead atoms. The Morgan fingerprint density at radius 2 is 2.00 bits per heavy atom. The molecule has 2 atom stereocenters. The van der Waals surface area contributed by atoms with E-state index in [0.29, 0.717) is 6.04 Å². The zero-order chi connectivity index (χ0) is 14.7. The predicted molar refractivity (Wildman–Crippen MR) is 90.2 cm³/mol. The largest absolute Gasteiger partial charge is 0.384 e. The fourth-order valence-corrected chi connectivity index (χ4v) is 3.76. The van der Waals surface area contributed by atoms with Gasteiger partial charge in [0, 0.05) is 49.0 Å². The van der Waals surface area contributed by atoms with Gasteiger partial charge in [0.25, 0.3) is 0 Å². The first-order valence-electron chi connectivity index (χ1n) is 8.20. The maximum atomic E-state index is 5.91. The van der Waals surface area contributed by atoms with Crippen LogP contribution in [0.2, 0.25) is 5.02 Å². The van der Waals surface area contributed by atoms with Crippen LogP contribution >= 0.6 is 11.6 Å². The number of hydrogen-bond acceptors (Lipinski definition) is 3. The average Bonchev–Trinajstić information content (AvgIpc) is 2.50. The molecular weight excluding hydrogens is 282 g/mol. The van der Waals surface area contributed by atoms with Crippen LogP contribution in [0.4, 0.5) is 5.69 Å². The van der Waals surface area contributed by atoms with Crippen LogP contribution in [0.25, 0.3) is 0 Å². The number of nitrogens with one attached hydrogen (secondary N) is 1. The lowest BCUT2D eigenvalue weighted by molar-refractivity contribution is 0.0176. The maximum absolute atomic E-state index is 5.91. The van der Waals surface area contributed by atoms with E-state index in [-0.39, 0.29) is 0 Å². The molecular formula is C17H26ClN3. The Balaban J connectivity index is 1.47. The van der Waals surface area contributed by atoms with Gasteiger partial charge in [-0.05, 0) is 50.6 Å². The highest BCUT2D eigenvalue weighted by Gasteiger charge is 2.32. The van der Waals surface area contributed by atoms with Gasteiger partial charge in [-0.3, -0.25) is 9.80 Å². The molecule has 116 valence electrons. The normalized spacial score (nSPS) is 27.3. The van der Waals surface area contributed by atoms with Gasteiger partial charge in [0.15, 0.2) is 0 Å². The van der Waals surface area contributed by atoms with Gasteiger partial charge in [0.1, 0.15) is 0 Å². The highest BCUT2D eigenvalue weighted by molar-refractivity contribution is 6.30. The number of anilines is 1. The highest BCUT2D eigenvalue weighted by Crippen LogP contribution is 2.23. The zero-order valence-electron chi connectivity index (χ0n) is 12.9. The summed E-state index contributed by atoms with van der Waals surface area (Å²) in [5.41, 5.74) is 1.16. The van der Waals surface area contributed by atoms with E-state index in [1.165, 1.54) is 38.9 Å². The van der Waals surface area contributed by atoms with Crippen molar-refractivity contribution in [3.63, 3.8) is 0 Å². The lowest BCUT2D eigenvalue weighted by Crippen LogP contribution is -2.59. The number of benzene rings is 1. The Hall–Kier alpha value is -0.770. The Bertz CT molecular complexity index is 448. The molecule has 2 saturated heterocycles. The second kappa shape index (κ2) is 6.99. The number of rotatable bonds is 4. The second-order valence-corrected chi connectivity index (χ2v) is 6.86. The molecule has 3 rings (SSSR count). The molecule has 1 aromatic rings. The monoisotopic (exact) mass is 307 g/mol. The molecule has 2 unspecified atom stereocenters. The third kappa shape index (κ3) is 3.91. The summed E-state index contributed by atoms with van der Waals surface area (Å²) in [4.78, 5) is 5.35. The molecule has 0 radical (unpaired) electrons. The summed E-state index contributed by atoms with van der Waals surface area (Å²) >= 11 is 5.91. The Morgan fingerprint density at radius 3 is 2.81 bits per heavy atom. The van der Waals surface area contributed by atoms with E-state index in [2.05, 4.69) is 22.0 Å². The van der Waals surface area contributed by atoms with E-state index in [9.17, 15) is 0 Å². The number of fused-ring (bicyclic) bond motifs is 1. The summed E-state index contributed by atoms with van der Waals surface area (Å²) in [5, 5.41) is 4.29. The lowest BCUT2D eigenvalue weighted by atomic mass is 9.97. The van der Waals surface area contributed by atoms with E-state index in [1.807, 2.05) is 24.3 Å². The number of piperidine rings is 1.